The predicted octanol–water partition coefficient (Wildman–Crippen LogP) is 1.95. The van der Waals surface area contributed by atoms with E-state index >= 15 is 0 Å². The Morgan fingerprint density at radius 1 is 1.15 bits per heavy atom. The molecule has 0 aromatic heterocycles. The molecule has 26 heavy (non-hydrogen) atoms. The van der Waals surface area contributed by atoms with E-state index in [9.17, 15) is 15.0 Å². The van der Waals surface area contributed by atoms with Gasteiger partial charge in [0.2, 0.25) is 0 Å². The van der Waals surface area contributed by atoms with Crippen molar-refractivity contribution < 1.29 is 19.7 Å². The number of amides is 1. The SMILES string of the molecule is CCC(Oc1ccc(C)cc1)C(=O)NC(CO)C(O)c1ccc(N)cc1. The van der Waals surface area contributed by atoms with Crippen molar-refractivity contribution in [1.82, 2.24) is 5.32 Å². The van der Waals surface area contributed by atoms with E-state index in [-0.39, 0.29) is 5.91 Å². The van der Waals surface area contributed by atoms with Gasteiger partial charge in [0.15, 0.2) is 6.10 Å². The number of rotatable bonds is 8. The molecule has 0 saturated carbocycles. The predicted molar refractivity (Wildman–Crippen MR) is 101 cm³/mol. The first-order chi connectivity index (χ1) is 12.4. The van der Waals surface area contributed by atoms with Crippen LogP contribution in [-0.4, -0.2) is 34.9 Å². The molecule has 0 spiro atoms. The maximum atomic E-state index is 12.5. The number of carbonyl (C=O) groups is 1. The van der Waals surface area contributed by atoms with Crippen LogP contribution in [0.4, 0.5) is 5.69 Å². The summed E-state index contributed by atoms with van der Waals surface area (Å²) in [6.45, 7) is 3.40. The second-order valence-electron chi connectivity index (χ2n) is 6.24. The summed E-state index contributed by atoms with van der Waals surface area (Å²) in [6, 6.07) is 13.2. The van der Waals surface area contributed by atoms with Gasteiger partial charge in [-0.3, -0.25) is 4.79 Å². The highest BCUT2D eigenvalue weighted by Crippen LogP contribution is 2.19. The highest BCUT2D eigenvalue weighted by molar-refractivity contribution is 5.81. The molecule has 0 aliphatic heterocycles. The largest absolute Gasteiger partial charge is 0.481 e. The number of nitrogen functional groups attached to an aromatic ring is 1. The molecule has 0 aliphatic rings. The van der Waals surface area contributed by atoms with E-state index in [1.54, 1.807) is 36.4 Å². The number of hydrogen-bond donors (Lipinski definition) is 4. The zero-order chi connectivity index (χ0) is 19.1. The van der Waals surface area contributed by atoms with Crippen LogP contribution in [0.25, 0.3) is 0 Å². The van der Waals surface area contributed by atoms with Crippen molar-refractivity contribution in [1.29, 1.82) is 0 Å². The quantitative estimate of drug-likeness (QED) is 0.540. The molecule has 6 heteroatoms. The van der Waals surface area contributed by atoms with E-state index in [2.05, 4.69) is 5.32 Å². The molecule has 0 radical (unpaired) electrons. The summed E-state index contributed by atoms with van der Waals surface area (Å²) in [5, 5.41) is 22.7. The van der Waals surface area contributed by atoms with Crippen LogP contribution >= 0.6 is 0 Å². The number of aliphatic hydroxyl groups is 2. The molecule has 0 fully saturated rings. The van der Waals surface area contributed by atoms with Crippen LogP contribution in [0.3, 0.4) is 0 Å². The maximum Gasteiger partial charge on any atom is 0.261 e. The van der Waals surface area contributed by atoms with Crippen molar-refractivity contribution in [2.24, 2.45) is 0 Å². The van der Waals surface area contributed by atoms with E-state index in [0.29, 0.717) is 23.4 Å². The average Bonchev–Trinajstić information content (AvgIpc) is 2.65. The minimum Gasteiger partial charge on any atom is -0.481 e. The number of aryl methyl sites for hydroxylation is 1. The van der Waals surface area contributed by atoms with Gasteiger partial charge in [-0.05, 0) is 43.2 Å². The van der Waals surface area contributed by atoms with Gasteiger partial charge in [-0.15, -0.1) is 0 Å². The molecule has 5 N–H and O–H groups in total. The van der Waals surface area contributed by atoms with Gasteiger partial charge >= 0.3 is 0 Å². The zero-order valence-electron chi connectivity index (χ0n) is 15.1. The molecule has 6 nitrogen and oxygen atoms in total. The van der Waals surface area contributed by atoms with E-state index in [0.717, 1.165) is 5.56 Å². The van der Waals surface area contributed by atoms with Crippen molar-refractivity contribution in [2.75, 3.05) is 12.3 Å². The number of anilines is 1. The number of aliphatic hydroxyl groups excluding tert-OH is 2. The summed E-state index contributed by atoms with van der Waals surface area (Å²) >= 11 is 0. The first-order valence-electron chi connectivity index (χ1n) is 8.62. The molecule has 0 aliphatic carbocycles. The second kappa shape index (κ2) is 9.22. The van der Waals surface area contributed by atoms with E-state index in [1.807, 2.05) is 26.0 Å². The van der Waals surface area contributed by atoms with Crippen molar-refractivity contribution >= 4 is 11.6 Å². The fourth-order valence-corrected chi connectivity index (χ4v) is 2.53. The van der Waals surface area contributed by atoms with Crippen LogP contribution in [0.5, 0.6) is 5.75 Å². The standard InChI is InChI=1S/C20H26N2O4/c1-3-18(26-16-10-4-13(2)5-11-16)20(25)22-17(12-23)19(24)14-6-8-15(21)9-7-14/h4-11,17-19,23-24H,3,12,21H2,1-2H3,(H,22,25). The fourth-order valence-electron chi connectivity index (χ4n) is 2.53. The smallest absolute Gasteiger partial charge is 0.261 e. The minimum atomic E-state index is -1.05. The number of carbonyl (C=O) groups excluding carboxylic acids is 1. The van der Waals surface area contributed by atoms with Gasteiger partial charge in [-0.25, -0.2) is 0 Å². The first kappa shape index (κ1) is 19.8. The number of benzene rings is 2. The molecule has 3 atom stereocenters. The molecule has 1 amide bonds. The third kappa shape index (κ3) is 5.21. The lowest BCUT2D eigenvalue weighted by atomic mass is 10.0. The summed E-state index contributed by atoms with van der Waals surface area (Å²) < 4.78 is 5.74. The van der Waals surface area contributed by atoms with Crippen LogP contribution in [0.15, 0.2) is 48.5 Å². The van der Waals surface area contributed by atoms with Crippen molar-refractivity contribution in [3.05, 3.63) is 59.7 Å². The lowest BCUT2D eigenvalue weighted by molar-refractivity contribution is -0.130. The van der Waals surface area contributed by atoms with Gasteiger partial charge in [-0.1, -0.05) is 36.8 Å². The molecule has 2 aromatic rings. The van der Waals surface area contributed by atoms with Crippen LogP contribution < -0.4 is 15.8 Å². The molecule has 2 rings (SSSR count). The Balaban J connectivity index is 2.03. The number of nitrogens with one attached hydrogen (secondary N) is 1. The Kier molecular flexibility index (Phi) is 7.00. The van der Waals surface area contributed by atoms with Crippen LogP contribution in [-0.2, 0) is 4.79 Å². The average molecular weight is 358 g/mol. The lowest BCUT2D eigenvalue weighted by Gasteiger charge is -2.25. The molecular weight excluding hydrogens is 332 g/mol. The summed E-state index contributed by atoms with van der Waals surface area (Å²) in [5.74, 6) is 0.207. The molecule has 0 bridgehead atoms. The monoisotopic (exact) mass is 358 g/mol. The lowest BCUT2D eigenvalue weighted by Crippen LogP contribution is -2.47. The highest BCUT2D eigenvalue weighted by Gasteiger charge is 2.26. The van der Waals surface area contributed by atoms with Gasteiger partial charge in [0, 0.05) is 5.69 Å². The third-order valence-corrected chi connectivity index (χ3v) is 4.15. The van der Waals surface area contributed by atoms with Crippen LogP contribution in [0.2, 0.25) is 0 Å². The Hall–Kier alpha value is -2.57. The molecule has 3 unspecified atom stereocenters. The van der Waals surface area contributed by atoms with E-state index < -0.39 is 24.9 Å². The normalized spacial score (nSPS) is 14.3. The van der Waals surface area contributed by atoms with Crippen molar-refractivity contribution in [3.63, 3.8) is 0 Å². The summed E-state index contributed by atoms with van der Waals surface area (Å²) in [7, 11) is 0. The van der Waals surface area contributed by atoms with E-state index in [1.165, 1.54) is 0 Å². The summed E-state index contributed by atoms with van der Waals surface area (Å²) in [6.07, 6.45) is -1.32. The second-order valence-corrected chi connectivity index (χ2v) is 6.24. The summed E-state index contributed by atoms with van der Waals surface area (Å²) in [4.78, 5) is 12.5. The van der Waals surface area contributed by atoms with Crippen LogP contribution in [0, 0.1) is 6.92 Å². The van der Waals surface area contributed by atoms with Gasteiger partial charge in [-0.2, -0.15) is 0 Å². The molecule has 0 heterocycles. The van der Waals surface area contributed by atoms with E-state index in [4.69, 9.17) is 10.5 Å². The van der Waals surface area contributed by atoms with Crippen LogP contribution in [0.1, 0.15) is 30.6 Å². The van der Waals surface area contributed by atoms with Crippen molar-refractivity contribution in [3.8, 4) is 5.75 Å². The Morgan fingerprint density at radius 3 is 2.31 bits per heavy atom. The topological polar surface area (TPSA) is 105 Å². The third-order valence-electron chi connectivity index (χ3n) is 4.15. The van der Waals surface area contributed by atoms with Gasteiger partial charge < -0.3 is 26.0 Å². The molecule has 2 aromatic carbocycles. The number of ether oxygens (including phenoxy) is 1. The zero-order valence-corrected chi connectivity index (χ0v) is 15.1. The highest BCUT2D eigenvalue weighted by atomic mass is 16.5. The summed E-state index contributed by atoms with van der Waals surface area (Å²) in [5.41, 5.74) is 7.87. The molecular formula is C20H26N2O4. The maximum absolute atomic E-state index is 12.5. The van der Waals surface area contributed by atoms with Gasteiger partial charge in [0.05, 0.1) is 12.6 Å². The first-order valence-corrected chi connectivity index (χ1v) is 8.62. The Bertz CT molecular complexity index is 701. The van der Waals surface area contributed by atoms with Crippen molar-refractivity contribution in [2.45, 2.75) is 38.5 Å². The number of nitrogens with two attached hydrogens (primary N) is 1. The number of hydrogen-bond acceptors (Lipinski definition) is 5. The Morgan fingerprint density at radius 2 is 1.77 bits per heavy atom. The minimum absolute atomic E-state index is 0.387. The molecule has 0 saturated heterocycles. The Labute approximate surface area is 153 Å². The fraction of sp³-hybridized carbons (Fsp3) is 0.350. The van der Waals surface area contributed by atoms with Gasteiger partial charge in [0.25, 0.3) is 5.91 Å². The van der Waals surface area contributed by atoms with Gasteiger partial charge in [0.1, 0.15) is 11.9 Å². The molecule has 140 valence electrons.